The highest BCUT2D eigenvalue weighted by Crippen LogP contribution is 2.24. The molecule has 0 radical (unpaired) electrons. The van der Waals surface area contributed by atoms with E-state index in [0.717, 1.165) is 24.3 Å². The van der Waals surface area contributed by atoms with Crippen LogP contribution in [-0.2, 0) is 23.9 Å². The molecule has 8 nitrogen and oxygen atoms in total. The molecule has 1 N–H and O–H groups in total. The highest BCUT2D eigenvalue weighted by molar-refractivity contribution is 6.15. The van der Waals surface area contributed by atoms with Crippen LogP contribution in [0.4, 0.5) is 11.4 Å². The van der Waals surface area contributed by atoms with E-state index < -0.39 is 17.7 Å². The minimum Gasteiger partial charge on any atom is -0.419 e. The maximum atomic E-state index is 12.5. The molecule has 4 rings (SSSR count). The first-order valence-corrected chi connectivity index (χ1v) is 11.1. The highest BCUT2D eigenvalue weighted by atomic mass is 16.7. The van der Waals surface area contributed by atoms with Gasteiger partial charge in [0, 0.05) is 63.7 Å². The van der Waals surface area contributed by atoms with Crippen molar-refractivity contribution in [3.05, 3.63) is 78.0 Å². The zero-order valence-corrected chi connectivity index (χ0v) is 19.2. The van der Waals surface area contributed by atoms with Gasteiger partial charge in [0.15, 0.2) is 5.57 Å². The first-order chi connectivity index (χ1) is 16.3. The number of hydrogen-bond donors (Lipinski definition) is 1. The molecule has 0 spiro atoms. The normalized spacial score (nSPS) is 17.9. The van der Waals surface area contributed by atoms with Crippen LogP contribution < -0.4 is 10.2 Å². The van der Waals surface area contributed by atoms with Crippen molar-refractivity contribution in [2.24, 2.45) is 0 Å². The van der Waals surface area contributed by atoms with E-state index in [1.807, 2.05) is 65.6 Å². The number of ether oxygens (including phenoxy) is 2. The topological polar surface area (TPSA) is 88.2 Å². The first-order valence-electron chi connectivity index (χ1n) is 11.1. The van der Waals surface area contributed by atoms with E-state index in [1.54, 1.807) is 6.08 Å². The molecule has 2 fully saturated rings. The van der Waals surface area contributed by atoms with Gasteiger partial charge in [-0.1, -0.05) is 30.3 Å². The fourth-order valence-electron chi connectivity index (χ4n) is 3.72. The van der Waals surface area contributed by atoms with Crippen LogP contribution in [0.2, 0.25) is 0 Å². The zero-order valence-electron chi connectivity index (χ0n) is 19.2. The molecule has 0 aromatic heterocycles. The highest BCUT2D eigenvalue weighted by Gasteiger charge is 2.38. The van der Waals surface area contributed by atoms with Crippen molar-refractivity contribution in [2.75, 3.05) is 36.4 Å². The maximum Gasteiger partial charge on any atom is 0.350 e. The number of hydrogen-bond acceptors (Lipinski definition) is 7. The number of anilines is 2. The molecule has 2 aromatic rings. The number of nitrogens with one attached hydrogen (secondary N) is 1. The minimum atomic E-state index is -1.26. The largest absolute Gasteiger partial charge is 0.419 e. The van der Waals surface area contributed by atoms with E-state index in [4.69, 9.17) is 9.47 Å². The minimum absolute atomic E-state index is 0.0132. The number of benzene rings is 2. The number of cyclic esters (lactones) is 2. The van der Waals surface area contributed by atoms with E-state index in [9.17, 15) is 14.4 Å². The monoisotopic (exact) mass is 461 g/mol. The van der Waals surface area contributed by atoms with Gasteiger partial charge < -0.3 is 24.6 Å². The van der Waals surface area contributed by atoms with Crippen molar-refractivity contribution in [2.45, 2.75) is 19.6 Å². The third-order valence-electron chi connectivity index (χ3n) is 5.54. The first kappa shape index (κ1) is 23.1. The summed E-state index contributed by atoms with van der Waals surface area (Å²) < 4.78 is 10.2. The number of rotatable bonds is 5. The Morgan fingerprint density at radius 2 is 1.53 bits per heavy atom. The van der Waals surface area contributed by atoms with Gasteiger partial charge in [0.1, 0.15) is 0 Å². The molecule has 8 heteroatoms. The van der Waals surface area contributed by atoms with Gasteiger partial charge in [-0.15, -0.1) is 0 Å². The summed E-state index contributed by atoms with van der Waals surface area (Å²) in [6, 6.07) is 17.4. The second-order valence-electron chi connectivity index (χ2n) is 8.48. The molecule has 2 saturated heterocycles. The molecular weight excluding hydrogens is 434 g/mol. The summed E-state index contributed by atoms with van der Waals surface area (Å²) in [5, 5.41) is 2.94. The molecule has 2 aliphatic rings. The molecule has 0 bridgehead atoms. The van der Waals surface area contributed by atoms with Gasteiger partial charge in [-0.3, -0.25) is 4.79 Å². The van der Waals surface area contributed by atoms with Crippen LogP contribution in [0.5, 0.6) is 0 Å². The van der Waals surface area contributed by atoms with Gasteiger partial charge in [-0.05, 0) is 35.9 Å². The van der Waals surface area contributed by atoms with Crippen molar-refractivity contribution < 1.29 is 23.9 Å². The SMILES string of the molecule is CC1(C)OC(=O)C(=CNc2ccc(N3CCN(C(=O)C=Cc4ccccc4)CC3)cc2)C(=O)O1. The summed E-state index contributed by atoms with van der Waals surface area (Å²) in [7, 11) is 0. The predicted octanol–water partition coefficient (Wildman–Crippen LogP) is 3.18. The second-order valence-corrected chi connectivity index (χ2v) is 8.48. The van der Waals surface area contributed by atoms with Gasteiger partial charge >= 0.3 is 11.9 Å². The van der Waals surface area contributed by atoms with Gasteiger partial charge in [0.05, 0.1) is 0 Å². The molecule has 176 valence electrons. The molecule has 0 atom stereocenters. The Hall–Kier alpha value is -4.07. The zero-order chi connectivity index (χ0) is 24.1. The third kappa shape index (κ3) is 5.64. The molecule has 2 heterocycles. The summed E-state index contributed by atoms with van der Waals surface area (Å²) in [4.78, 5) is 40.6. The quantitative estimate of drug-likeness (QED) is 0.416. The lowest BCUT2D eigenvalue weighted by Crippen LogP contribution is -2.48. The Labute approximate surface area is 198 Å². The van der Waals surface area contributed by atoms with Crippen LogP contribution in [0.1, 0.15) is 19.4 Å². The van der Waals surface area contributed by atoms with Gasteiger partial charge in [-0.2, -0.15) is 0 Å². The van der Waals surface area contributed by atoms with Crippen LogP contribution in [0, 0.1) is 0 Å². The average molecular weight is 462 g/mol. The van der Waals surface area contributed by atoms with Crippen molar-refractivity contribution in [3.63, 3.8) is 0 Å². The van der Waals surface area contributed by atoms with Crippen LogP contribution in [0.3, 0.4) is 0 Å². The van der Waals surface area contributed by atoms with Crippen molar-refractivity contribution in [3.8, 4) is 0 Å². The molecule has 2 aliphatic heterocycles. The lowest BCUT2D eigenvalue weighted by Gasteiger charge is -2.35. The maximum absolute atomic E-state index is 12.5. The Bertz CT molecular complexity index is 1090. The standard InChI is InChI=1S/C26H27N3O5/c1-26(2)33-24(31)22(25(32)34-26)18-27-20-9-11-21(12-10-20)28-14-16-29(17-15-28)23(30)13-8-19-6-4-3-5-7-19/h3-13,18,27H,14-17H2,1-2H3. The molecule has 34 heavy (non-hydrogen) atoms. The molecule has 1 amide bonds. The molecule has 0 aliphatic carbocycles. The summed E-state index contributed by atoms with van der Waals surface area (Å²) >= 11 is 0. The fourth-order valence-corrected chi connectivity index (χ4v) is 3.72. The third-order valence-corrected chi connectivity index (χ3v) is 5.54. The Balaban J connectivity index is 1.29. The molecule has 0 saturated carbocycles. The van der Waals surface area contributed by atoms with E-state index in [0.29, 0.717) is 18.8 Å². The van der Waals surface area contributed by atoms with E-state index >= 15 is 0 Å². The van der Waals surface area contributed by atoms with Crippen LogP contribution >= 0.6 is 0 Å². The summed E-state index contributed by atoms with van der Waals surface area (Å²) in [5.41, 5.74) is 2.55. The smallest absolute Gasteiger partial charge is 0.350 e. The summed E-state index contributed by atoms with van der Waals surface area (Å²) in [6.45, 7) is 5.76. The van der Waals surface area contributed by atoms with E-state index in [1.165, 1.54) is 20.0 Å². The van der Waals surface area contributed by atoms with Crippen molar-refractivity contribution in [1.29, 1.82) is 0 Å². The van der Waals surface area contributed by atoms with Gasteiger partial charge in [-0.25, -0.2) is 9.59 Å². The number of piperazine rings is 1. The lowest BCUT2D eigenvalue weighted by atomic mass is 10.2. The van der Waals surface area contributed by atoms with Crippen LogP contribution in [-0.4, -0.2) is 54.7 Å². The average Bonchev–Trinajstić information content (AvgIpc) is 2.82. The molecular formula is C26H27N3O5. The Morgan fingerprint density at radius 1 is 0.912 bits per heavy atom. The van der Waals surface area contributed by atoms with Gasteiger partial charge in [0.2, 0.25) is 5.91 Å². The van der Waals surface area contributed by atoms with Gasteiger partial charge in [0.25, 0.3) is 5.79 Å². The second kappa shape index (κ2) is 9.82. The Morgan fingerprint density at radius 3 is 2.15 bits per heavy atom. The number of carbonyl (C=O) groups excluding carboxylic acids is 3. The number of amides is 1. The van der Waals surface area contributed by atoms with Crippen molar-refractivity contribution in [1.82, 2.24) is 4.90 Å². The fraction of sp³-hybridized carbons (Fsp3) is 0.269. The number of carbonyl (C=O) groups is 3. The van der Waals surface area contributed by atoms with Crippen LogP contribution in [0.25, 0.3) is 6.08 Å². The predicted molar refractivity (Wildman–Crippen MR) is 129 cm³/mol. The molecule has 0 unspecified atom stereocenters. The van der Waals surface area contributed by atoms with Crippen LogP contribution in [0.15, 0.2) is 72.4 Å². The van der Waals surface area contributed by atoms with E-state index in [-0.39, 0.29) is 11.5 Å². The molecule has 2 aromatic carbocycles. The summed E-state index contributed by atoms with van der Waals surface area (Å²) in [5.74, 6) is -2.70. The summed E-state index contributed by atoms with van der Waals surface area (Å²) in [6.07, 6.45) is 4.75. The number of nitrogens with zero attached hydrogens (tertiary/aromatic N) is 2. The van der Waals surface area contributed by atoms with Crippen molar-refractivity contribution >= 4 is 35.3 Å². The number of esters is 2. The Kier molecular flexibility index (Phi) is 6.67. The van der Waals surface area contributed by atoms with E-state index in [2.05, 4.69) is 10.2 Å². The lowest BCUT2D eigenvalue weighted by molar-refractivity contribution is -0.222.